The normalized spacial score (nSPS) is 20.4. The molecule has 0 bridgehead atoms. The minimum Gasteiger partial charge on any atom is -0.342 e. The van der Waals surface area contributed by atoms with Gasteiger partial charge in [-0.2, -0.15) is 11.8 Å². The zero-order valence-corrected chi connectivity index (χ0v) is 19.7. The zero-order valence-electron chi connectivity index (χ0n) is 18.1. The number of thiophene rings is 1. The summed E-state index contributed by atoms with van der Waals surface area (Å²) in [6.45, 7) is 3.20. The number of carbonyl (C=O) groups is 2. The van der Waals surface area contributed by atoms with E-state index in [-0.39, 0.29) is 11.8 Å². The Balaban J connectivity index is 1.31. The highest BCUT2D eigenvalue weighted by Crippen LogP contribution is 2.39. The van der Waals surface area contributed by atoms with E-state index in [0.717, 1.165) is 67.3 Å². The smallest absolute Gasteiger partial charge is 0.257 e. The van der Waals surface area contributed by atoms with Gasteiger partial charge in [-0.1, -0.05) is 12.8 Å². The second kappa shape index (κ2) is 9.41. The first-order chi connectivity index (χ1) is 15.2. The van der Waals surface area contributed by atoms with Gasteiger partial charge in [-0.05, 0) is 55.6 Å². The van der Waals surface area contributed by atoms with Crippen LogP contribution in [-0.2, 0) is 17.0 Å². The van der Waals surface area contributed by atoms with Crippen LogP contribution in [0.3, 0.4) is 0 Å². The molecular weight excluding hydrogens is 426 g/mol. The molecule has 5 heterocycles. The van der Waals surface area contributed by atoms with Crippen LogP contribution in [0.4, 0.5) is 0 Å². The summed E-state index contributed by atoms with van der Waals surface area (Å²) >= 11 is 3.73. The van der Waals surface area contributed by atoms with Crippen molar-refractivity contribution in [2.24, 2.45) is 5.92 Å². The summed E-state index contributed by atoms with van der Waals surface area (Å²) in [7, 11) is 0. The lowest BCUT2D eigenvalue weighted by Crippen LogP contribution is -2.45. The molecule has 0 atom stereocenters. The number of rotatable bonds is 3. The SMILES string of the molecule is O=C(c1c(-n2cccc2)sc2c1CCSC2)N1CCC(C(=O)N2CCCCCC2)CC1. The number of amides is 2. The van der Waals surface area contributed by atoms with Gasteiger partial charge >= 0.3 is 0 Å². The molecule has 0 aliphatic carbocycles. The Labute approximate surface area is 192 Å². The Morgan fingerprint density at radius 1 is 0.903 bits per heavy atom. The number of aromatic nitrogens is 1. The molecule has 2 fully saturated rings. The molecule has 5 rings (SSSR count). The largest absolute Gasteiger partial charge is 0.342 e. The molecule has 2 saturated heterocycles. The molecule has 0 N–H and O–H groups in total. The van der Waals surface area contributed by atoms with E-state index in [9.17, 15) is 9.59 Å². The first-order valence-corrected chi connectivity index (χ1v) is 13.6. The van der Waals surface area contributed by atoms with Crippen molar-refractivity contribution in [2.75, 3.05) is 31.9 Å². The molecule has 3 aliphatic heterocycles. The highest BCUT2D eigenvalue weighted by molar-refractivity contribution is 7.98. The number of fused-ring (bicyclic) bond motifs is 1. The van der Waals surface area contributed by atoms with E-state index in [2.05, 4.69) is 9.47 Å². The molecule has 2 aromatic rings. The number of likely N-dealkylation sites (tertiary alicyclic amines) is 2. The zero-order chi connectivity index (χ0) is 21.2. The maximum absolute atomic E-state index is 13.7. The molecule has 0 saturated carbocycles. The predicted molar refractivity (Wildman–Crippen MR) is 127 cm³/mol. The molecule has 0 unspecified atom stereocenters. The van der Waals surface area contributed by atoms with Crippen molar-refractivity contribution in [1.82, 2.24) is 14.4 Å². The molecule has 0 spiro atoms. The van der Waals surface area contributed by atoms with E-state index in [1.54, 1.807) is 11.3 Å². The number of hydrogen-bond donors (Lipinski definition) is 0. The van der Waals surface area contributed by atoms with E-state index in [1.807, 2.05) is 41.2 Å². The van der Waals surface area contributed by atoms with Crippen LogP contribution in [0, 0.1) is 5.92 Å². The first kappa shape index (κ1) is 21.1. The number of thioether (sulfide) groups is 1. The third-order valence-electron chi connectivity index (χ3n) is 6.90. The third kappa shape index (κ3) is 4.31. The predicted octanol–water partition coefficient (Wildman–Crippen LogP) is 4.58. The van der Waals surface area contributed by atoms with Crippen LogP contribution in [0.5, 0.6) is 0 Å². The highest BCUT2D eigenvalue weighted by atomic mass is 32.2. The van der Waals surface area contributed by atoms with Crippen molar-refractivity contribution in [3.05, 3.63) is 40.5 Å². The summed E-state index contributed by atoms with van der Waals surface area (Å²) in [5.74, 6) is 2.66. The van der Waals surface area contributed by atoms with Crippen molar-refractivity contribution in [2.45, 2.75) is 50.7 Å². The molecular formula is C24H31N3O2S2. The Morgan fingerprint density at radius 3 is 2.32 bits per heavy atom. The van der Waals surface area contributed by atoms with Gasteiger partial charge in [0.15, 0.2) is 0 Å². The molecule has 7 heteroatoms. The Hall–Kier alpha value is -1.73. The number of nitrogens with zero attached hydrogens (tertiary/aromatic N) is 3. The van der Waals surface area contributed by atoms with Crippen LogP contribution in [-0.4, -0.2) is 58.1 Å². The first-order valence-electron chi connectivity index (χ1n) is 11.7. The van der Waals surface area contributed by atoms with Gasteiger partial charge in [-0.15, -0.1) is 11.3 Å². The van der Waals surface area contributed by atoms with Gasteiger partial charge in [0, 0.05) is 55.1 Å². The van der Waals surface area contributed by atoms with Gasteiger partial charge in [-0.25, -0.2) is 0 Å². The van der Waals surface area contributed by atoms with Crippen molar-refractivity contribution in [3.63, 3.8) is 0 Å². The molecule has 166 valence electrons. The number of hydrogen-bond acceptors (Lipinski definition) is 4. The lowest BCUT2D eigenvalue weighted by Gasteiger charge is -2.34. The lowest BCUT2D eigenvalue weighted by molar-refractivity contribution is -0.136. The van der Waals surface area contributed by atoms with Crippen molar-refractivity contribution >= 4 is 34.9 Å². The van der Waals surface area contributed by atoms with Gasteiger partial charge in [0.1, 0.15) is 5.00 Å². The summed E-state index contributed by atoms with van der Waals surface area (Å²) < 4.78 is 2.09. The fourth-order valence-electron chi connectivity index (χ4n) is 5.13. The summed E-state index contributed by atoms with van der Waals surface area (Å²) in [5, 5.41) is 1.06. The summed E-state index contributed by atoms with van der Waals surface area (Å²) in [6.07, 6.45) is 11.4. The molecule has 0 aromatic carbocycles. The van der Waals surface area contributed by atoms with Crippen LogP contribution in [0.2, 0.25) is 0 Å². The average Bonchev–Trinajstić information content (AvgIpc) is 3.39. The number of carbonyl (C=O) groups excluding carboxylic acids is 2. The van der Waals surface area contributed by atoms with E-state index < -0.39 is 0 Å². The Kier molecular flexibility index (Phi) is 6.41. The maximum Gasteiger partial charge on any atom is 0.257 e. The topological polar surface area (TPSA) is 45.6 Å². The van der Waals surface area contributed by atoms with E-state index >= 15 is 0 Å². The fourth-order valence-corrected chi connectivity index (χ4v) is 7.57. The molecule has 2 amide bonds. The van der Waals surface area contributed by atoms with E-state index in [4.69, 9.17) is 0 Å². The molecule has 31 heavy (non-hydrogen) atoms. The second-order valence-corrected chi connectivity index (χ2v) is 11.1. The molecule has 0 radical (unpaired) electrons. The third-order valence-corrected chi connectivity index (χ3v) is 9.32. The van der Waals surface area contributed by atoms with Crippen LogP contribution in [0.25, 0.3) is 5.00 Å². The van der Waals surface area contributed by atoms with Crippen LogP contribution < -0.4 is 0 Å². The minimum absolute atomic E-state index is 0.0823. The van der Waals surface area contributed by atoms with Crippen LogP contribution in [0.1, 0.15) is 59.3 Å². The highest BCUT2D eigenvalue weighted by Gasteiger charge is 2.34. The monoisotopic (exact) mass is 457 g/mol. The minimum atomic E-state index is 0.0823. The second-order valence-electron chi connectivity index (χ2n) is 8.88. The molecule has 2 aromatic heterocycles. The summed E-state index contributed by atoms with van der Waals surface area (Å²) in [5.41, 5.74) is 2.18. The van der Waals surface area contributed by atoms with Crippen molar-refractivity contribution in [3.8, 4) is 5.00 Å². The standard InChI is InChI=1S/C24H31N3O2S2/c28-22(25-10-3-1-2-4-11-25)18-7-14-26(15-8-18)23(29)21-19-9-16-30-17-20(19)31-24(21)27-12-5-6-13-27/h5-6,12-13,18H,1-4,7-11,14-17H2. The Morgan fingerprint density at radius 2 is 1.61 bits per heavy atom. The quantitative estimate of drug-likeness (QED) is 0.678. The summed E-state index contributed by atoms with van der Waals surface area (Å²) in [6, 6.07) is 4.03. The maximum atomic E-state index is 13.7. The van der Waals surface area contributed by atoms with Gasteiger partial charge < -0.3 is 14.4 Å². The van der Waals surface area contributed by atoms with Crippen LogP contribution in [0.15, 0.2) is 24.5 Å². The number of piperidine rings is 1. The van der Waals surface area contributed by atoms with Crippen molar-refractivity contribution < 1.29 is 9.59 Å². The van der Waals surface area contributed by atoms with Gasteiger partial charge in [-0.3, -0.25) is 9.59 Å². The average molecular weight is 458 g/mol. The van der Waals surface area contributed by atoms with Gasteiger partial charge in [0.25, 0.3) is 5.91 Å². The van der Waals surface area contributed by atoms with Gasteiger partial charge in [0.2, 0.25) is 5.91 Å². The van der Waals surface area contributed by atoms with Crippen molar-refractivity contribution in [1.29, 1.82) is 0 Å². The van der Waals surface area contributed by atoms with Crippen LogP contribution >= 0.6 is 23.1 Å². The van der Waals surface area contributed by atoms with Gasteiger partial charge in [0.05, 0.1) is 5.56 Å². The fraction of sp³-hybridized carbons (Fsp3) is 0.583. The van der Waals surface area contributed by atoms with E-state index in [0.29, 0.717) is 19.0 Å². The lowest BCUT2D eigenvalue weighted by atomic mass is 9.94. The Bertz CT molecular complexity index is 921. The molecule has 3 aliphatic rings. The van der Waals surface area contributed by atoms with E-state index in [1.165, 1.54) is 23.3 Å². The summed E-state index contributed by atoms with van der Waals surface area (Å²) in [4.78, 5) is 32.2. The molecule has 5 nitrogen and oxygen atoms in total.